The lowest BCUT2D eigenvalue weighted by molar-refractivity contribution is -0.139. The van der Waals surface area contributed by atoms with Crippen molar-refractivity contribution >= 4 is 29.5 Å². The summed E-state index contributed by atoms with van der Waals surface area (Å²) in [6.07, 6.45) is 5.15. The smallest absolute Gasteiger partial charge is 0.338 e. The number of carbonyl (C=O) groups is 3. The van der Waals surface area contributed by atoms with Gasteiger partial charge >= 0.3 is 12.0 Å². The largest absolute Gasteiger partial charge is 0.463 e. The normalized spacial score (nSPS) is 22.3. The Morgan fingerprint density at radius 1 is 1.06 bits per heavy atom. The Kier molecular flexibility index (Phi) is 8.34. The Labute approximate surface area is 212 Å². The summed E-state index contributed by atoms with van der Waals surface area (Å²) < 4.78 is 5.42. The Morgan fingerprint density at radius 2 is 1.77 bits per heavy atom. The zero-order valence-electron chi connectivity index (χ0n) is 20.6. The van der Waals surface area contributed by atoms with Gasteiger partial charge in [-0.2, -0.15) is 0 Å². The number of likely N-dealkylation sites (N-methyl/N-ethyl adjacent to an activating group) is 1. The topological polar surface area (TPSA) is 82.2 Å². The van der Waals surface area contributed by atoms with Crippen LogP contribution in [0.4, 0.5) is 4.79 Å². The zero-order valence-corrected chi connectivity index (χ0v) is 21.4. The molecule has 3 amide bonds. The fourth-order valence-electron chi connectivity index (χ4n) is 5.30. The van der Waals surface area contributed by atoms with E-state index in [0.717, 1.165) is 50.8 Å². The summed E-state index contributed by atoms with van der Waals surface area (Å²) in [5.41, 5.74) is 1.82. The van der Waals surface area contributed by atoms with E-state index in [9.17, 15) is 14.4 Å². The molecule has 0 bridgehead atoms. The quantitative estimate of drug-likeness (QED) is 0.601. The lowest BCUT2D eigenvalue weighted by Gasteiger charge is -2.36. The summed E-state index contributed by atoms with van der Waals surface area (Å²) in [6, 6.07) is 6.21. The Bertz CT molecular complexity index is 974. The number of amides is 3. The van der Waals surface area contributed by atoms with Gasteiger partial charge in [-0.05, 0) is 43.9 Å². The number of halogens is 1. The maximum Gasteiger partial charge on any atom is 0.338 e. The highest BCUT2D eigenvalue weighted by Gasteiger charge is 2.37. The molecule has 1 saturated carbocycles. The molecule has 0 spiro atoms. The molecule has 2 aliphatic heterocycles. The molecular formula is C26H35ClN4O4. The van der Waals surface area contributed by atoms with Crippen LogP contribution >= 0.6 is 11.6 Å². The average Bonchev–Trinajstić information content (AvgIpc) is 3.29. The van der Waals surface area contributed by atoms with Gasteiger partial charge in [0, 0.05) is 56.4 Å². The highest BCUT2D eigenvalue weighted by Crippen LogP contribution is 2.32. The molecule has 8 nitrogen and oxygen atoms in total. The Hall–Kier alpha value is -2.58. The molecule has 35 heavy (non-hydrogen) atoms. The molecular weight excluding hydrogens is 468 g/mol. The van der Waals surface area contributed by atoms with Crippen LogP contribution < -0.4 is 5.32 Å². The summed E-state index contributed by atoms with van der Waals surface area (Å²) in [5, 5.41) is 3.52. The van der Waals surface area contributed by atoms with Crippen LogP contribution in [0.25, 0.3) is 0 Å². The van der Waals surface area contributed by atoms with Crippen molar-refractivity contribution in [3.05, 3.63) is 46.1 Å². The third-order valence-corrected chi connectivity index (χ3v) is 7.51. The molecule has 2 heterocycles. The minimum atomic E-state index is -0.627. The monoisotopic (exact) mass is 502 g/mol. The Balaban J connectivity index is 1.58. The van der Waals surface area contributed by atoms with Gasteiger partial charge in [-0.1, -0.05) is 36.6 Å². The van der Waals surface area contributed by atoms with Gasteiger partial charge in [0.25, 0.3) is 0 Å². The van der Waals surface area contributed by atoms with Crippen LogP contribution in [0.1, 0.15) is 50.6 Å². The predicted molar refractivity (Wildman–Crippen MR) is 134 cm³/mol. The molecule has 1 aromatic carbocycles. The number of urea groups is 1. The van der Waals surface area contributed by atoms with Crippen molar-refractivity contribution in [2.45, 2.75) is 45.1 Å². The van der Waals surface area contributed by atoms with Crippen LogP contribution in [0.2, 0.25) is 5.02 Å². The number of rotatable bonds is 6. The molecule has 0 radical (unpaired) electrons. The van der Waals surface area contributed by atoms with Gasteiger partial charge in [-0.25, -0.2) is 9.59 Å². The summed E-state index contributed by atoms with van der Waals surface area (Å²) in [5.74, 6) is 0.0166. The molecule has 1 aliphatic carbocycles. The van der Waals surface area contributed by atoms with Gasteiger partial charge in [0.2, 0.25) is 5.91 Å². The van der Waals surface area contributed by atoms with Gasteiger partial charge < -0.3 is 15.0 Å². The third kappa shape index (κ3) is 5.81. The van der Waals surface area contributed by atoms with Gasteiger partial charge in [0.1, 0.15) is 0 Å². The van der Waals surface area contributed by atoms with Crippen molar-refractivity contribution in [1.29, 1.82) is 0 Å². The number of esters is 1. The summed E-state index contributed by atoms with van der Waals surface area (Å²) in [4.78, 5) is 44.7. The van der Waals surface area contributed by atoms with Crippen molar-refractivity contribution in [3.63, 3.8) is 0 Å². The molecule has 1 atom stereocenters. The number of nitrogens with zero attached hydrogens (tertiary/aromatic N) is 3. The molecule has 9 heteroatoms. The second-order valence-corrected chi connectivity index (χ2v) is 9.95. The minimum absolute atomic E-state index is 0.174. The van der Waals surface area contributed by atoms with E-state index >= 15 is 0 Å². The molecule has 3 aliphatic rings. The molecule has 2 fully saturated rings. The van der Waals surface area contributed by atoms with Gasteiger partial charge in [0.05, 0.1) is 18.2 Å². The van der Waals surface area contributed by atoms with Crippen molar-refractivity contribution in [2.24, 2.45) is 5.92 Å². The molecule has 0 unspecified atom stereocenters. The maximum absolute atomic E-state index is 13.2. The van der Waals surface area contributed by atoms with E-state index in [1.165, 1.54) is 4.90 Å². The molecule has 1 aromatic rings. The number of hydrogen-bond donors (Lipinski definition) is 1. The standard InChI is InChI=1S/C26H35ClN4O4/c1-3-35-25(33)22-21(29(2)26(34)28-23(22)18-9-11-20(27)12-10-18)17-30-13-6-14-31(16-15-30)24(32)19-7-4-5-8-19/h9-12,19,23H,3-8,13-17H2,1-2H3,(H,28,34)/t23-/m0/s1. The van der Waals surface area contributed by atoms with E-state index in [0.29, 0.717) is 35.9 Å². The van der Waals surface area contributed by atoms with Gasteiger partial charge in [0.15, 0.2) is 0 Å². The van der Waals surface area contributed by atoms with Gasteiger partial charge in [-0.15, -0.1) is 0 Å². The second kappa shape index (κ2) is 11.4. The van der Waals surface area contributed by atoms with Crippen molar-refractivity contribution in [2.75, 3.05) is 46.4 Å². The fraction of sp³-hybridized carbons (Fsp3) is 0.577. The first-order valence-corrected chi connectivity index (χ1v) is 13.0. The van der Waals surface area contributed by atoms with Gasteiger partial charge in [-0.3, -0.25) is 14.6 Å². The molecule has 1 saturated heterocycles. The van der Waals surface area contributed by atoms with Crippen molar-refractivity contribution in [1.82, 2.24) is 20.0 Å². The molecule has 0 aromatic heterocycles. The zero-order chi connectivity index (χ0) is 24.9. The van der Waals surface area contributed by atoms with Crippen molar-refractivity contribution in [3.8, 4) is 0 Å². The van der Waals surface area contributed by atoms with E-state index in [1.807, 2.05) is 17.0 Å². The molecule has 190 valence electrons. The van der Waals surface area contributed by atoms with Crippen LogP contribution in [0.5, 0.6) is 0 Å². The number of nitrogens with one attached hydrogen (secondary N) is 1. The predicted octanol–water partition coefficient (Wildman–Crippen LogP) is 3.58. The third-order valence-electron chi connectivity index (χ3n) is 7.25. The Morgan fingerprint density at radius 3 is 2.46 bits per heavy atom. The highest BCUT2D eigenvalue weighted by molar-refractivity contribution is 6.30. The van der Waals surface area contributed by atoms with Crippen LogP contribution in [-0.2, 0) is 14.3 Å². The molecule has 1 N–H and O–H groups in total. The highest BCUT2D eigenvalue weighted by atomic mass is 35.5. The molecule has 4 rings (SSSR count). The second-order valence-electron chi connectivity index (χ2n) is 9.51. The lowest BCUT2D eigenvalue weighted by Crippen LogP contribution is -2.49. The van der Waals surface area contributed by atoms with Crippen LogP contribution in [0.15, 0.2) is 35.5 Å². The summed E-state index contributed by atoms with van der Waals surface area (Å²) in [6.45, 7) is 5.32. The lowest BCUT2D eigenvalue weighted by atomic mass is 9.94. The first kappa shape index (κ1) is 25.5. The SMILES string of the molecule is CCOC(=O)C1=C(CN2CCCN(C(=O)C3CCCC3)CC2)N(C)C(=O)N[C@H]1c1ccc(Cl)cc1. The van der Waals surface area contributed by atoms with Crippen LogP contribution in [0.3, 0.4) is 0 Å². The van der Waals surface area contributed by atoms with E-state index in [2.05, 4.69) is 10.2 Å². The number of benzene rings is 1. The maximum atomic E-state index is 13.2. The van der Waals surface area contributed by atoms with E-state index < -0.39 is 12.0 Å². The summed E-state index contributed by atoms with van der Waals surface area (Å²) in [7, 11) is 1.68. The van der Waals surface area contributed by atoms with Crippen molar-refractivity contribution < 1.29 is 19.1 Å². The number of carbonyl (C=O) groups excluding carboxylic acids is 3. The van der Waals surface area contributed by atoms with E-state index in [4.69, 9.17) is 16.3 Å². The number of ether oxygens (including phenoxy) is 1. The number of hydrogen-bond acceptors (Lipinski definition) is 5. The van der Waals surface area contributed by atoms with E-state index in [-0.39, 0.29) is 24.5 Å². The van der Waals surface area contributed by atoms with Crippen LogP contribution in [-0.4, -0.2) is 79.0 Å². The summed E-state index contributed by atoms with van der Waals surface area (Å²) >= 11 is 6.07. The average molecular weight is 503 g/mol. The first-order valence-electron chi connectivity index (χ1n) is 12.6. The van der Waals surface area contributed by atoms with Crippen LogP contribution in [0, 0.1) is 5.92 Å². The van der Waals surface area contributed by atoms with E-state index in [1.54, 1.807) is 26.1 Å². The fourth-order valence-corrected chi connectivity index (χ4v) is 5.42. The first-order chi connectivity index (χ1) is 16.9. The minimum Gasteiger partial charge on any atom is -0.463 e.